The Balaban J connectivity index is 1.93. The van der Waals surface area contributed by atoms with Crippen LogP contribution in [0, 0.1) is 13.8 Å². The molecule has 0 spiro atoms. The van der Waals surface area contributed by atoms with Crippen molar-refractivity contribution in [3.8, 4) is 0 Å². The molecule has 0 aliphatic rings. The van der Waals surface area contributed by atoms with Gasteiger partial charge in [-0.1, -0.05) is 5.16 Å². The van der Waals surface area contributed by atoms with E-state index in [1.54, 1.807) is 0 Å². The first-order chi connectivity index (χ1) is 9.09. The Labute approximate surface area is 110 Å². The molecule has 2 rings (SSSR count). The van der Waals surface area contributed by atoms with E-state index in [1.807, 2.05) is 13.8 Å². The predicted molar refractivity (Wildman–Crippen MR) is 68.5 cm³/mol. The Hall–Kier alpha value is -2.44. The average molecular weight is 261 g/mol. The summed E-state index contributed by atoms with van der Waals surface area (Å²) in [5.41, 5.74) is 7.56. The van der Waals surface area contributed by atoms with E-state index >= 15 is 0 Å². The van der Waals surface area contributed by atoms with Crippen molar-refractivity contribution in [3.63, 3.8) is 0 Å². The maximum absolute atomic E-state index is 11.8. The molecule has 0 radical (unpaired) electrons. The number of hydrogen-bond donors (Lipinski definition) is 2. The number of amides is 1. The van der Waals surface area contributed by atoms with Crippen molar-refractivity contribution >= 4 is 11.7 Å². The smallest absolute Gasteiger partial charge is 0.273 e. The van der Waals surface area contributed by atoms with Crippen molar-refractivity contribution in [1.29, 1.82) is 0 Å². The number of carbonyl (C=O) groups excluding carboxylic acids is 1. The van der Waals surface area contributed by atoms with Crippen LogP contribution in [-0.4, -0.2) is 27.6 Å². The third-order valence-electron chi connectivity index (χ3n) is 2.78. The molecule has 3 N–H and O–H groups in total. The number of rotatable bonds is 4. The van der Waals surface area contributed by atoms with E-state index in [1.165, 1.54) is 12.4 Å². The minimum Gasteiger partial charge on any atom is -0.382 e. The van der Waals surface area contributed by atoms with Crippen molar-refractivity contribution in [2.24, 2.45) is 0 Å². The lowest BCUT2D eigenvalue weighted by Crippen LogP contribution is -2.27. The monoisotopic (exact) mass is 261 g/mol. The minimum absolute atomic E-state index is 0.123. The van der Waals surface area contributed by atoms with Crippen LogP contribution < -0.4 is 11.1 Å². The molecule has 0 unspecified atom stereocenters. The molecule has 7 nitrogen and oxygen atoms in total. The van der Waals surface area contributed by atoms with Crippen molar-refractivity contribution in [3.05, 3.63) is 35.1 Å². The van der Waals surface area contributed by atoms with Crippen LogP contribution in [-0.2, 0) is 6.42 Å². The summed E-state index contributed by atoms with van der Waals surface area (Å²) in [7, 11) is 0. The number of hydrogen-bond acceptors (Lipinski definition) is 6. The molecule has 2 heterocycles. The van der Waals surface area contributed by atoms with Crippen LogP contribution >= 0.6 is 0 Å². The topological polar surface area (TPSA) is 107 Å². The molecule has 2 aromatic rings. The lowest BCUT2D eigenvalue weighted by atomic mass is 10.1. The summed E-state index contributed by atoms with van der Waals surface area (Å²) in [6.45, 7) is 4.17. The standard InChI is InChI=1S/C12H15N5O2/c1-7-9(8(2)19-17-7)3-4-16-12(18)10-11(13)15-6-5-14-10/h5-6H,3-4H2,1-2H3,(H2,13,15)(H,16,18). The highest BCUT2D eigenvalue weighted by atomic mass is 16.5. The highest BCUT2D eigenvalue weighted by molar-refractivity contribution is 5.96. The van der Waals surface area contributed by atoms with Crippen molar-refractivity contribution in [2.45, 2.75) is 20.3 Å². The zero-order valence-corrected chi connectivity index (χ0v) is 10.8. The molecule has 2 aromatic heterocycles. The Bertz CT molecular complexity index is 574. The van der Waals surface area contributed by atoms with Gasteiger partial charge in [-0.2, -0.15) is 0 Å². The second kappa shape index (κ2) is 5.47. The Morgan fingerprint density at radius 3 is 2.74 bits per heavy atom. The zero-order chi connectivity index (χ0) is 13.8. The number of nitrogens with zero attached hydrogens (tertiary/aromatic N) is 3. The largest absolute Gasteiger partial charge is 0.382 e. The lowest BCUT2D eigenvalue weighted by molar-refractivity contribution is 0.0949. The van der Waals surface area contributed by atoms with Gasteiger partial charge in [0.05, 0.1) is 5.69 Å². The Morgan fingerprint density at radius 1 is 1.37 bits per heavy atom. The number of carbonyl (C=O) groups is 1. The second-order valence-electron chi connectivity index (χ2n) is 4.10. The highest BCUT2D eigenvalue weighted by Crippen LogP contribution is 2.12. The normalized spacial score (nSPS) is 10.4. The van der Waals surface area contributed by atoms with Gasteiger partial charge in [-0.15, -0.1) is 0 Å². The molecule has 0 aromatic carbocycles. The fourth-order valence-corrected chi connectivity index (χ4v) is 1.77. The van der Waals surface area contributed by atoms with Crippen LogP contribution in [0.1, 0.15) is 27.5 Å². The van der Waals surface area contributed by atoms with Gasteiger partial charge in [0, 0.05) is 24.5 Å². The summed E-state index contributed by atoms with van der Waals surface area (Å²) < 4.78 is 5.05. The molecule has 0 aliphatic carbocycles. The van der Waals surface area contributed by atoms with Gasteiger partial charge in [0.15, 0.2) is 11.5 Å². The molecule has 0 saturated heterocycles. The molecular weight excluding hydrogens is 246 g/mol. The van der Waals surface area contributed by atoms with Gasteiger partial charge < -0.3 is 15.6 Å². The molecule has 7 heteroatoms. The van der Waals surface area contributed by atoms with Crippen LogP contribution in [0.5, 0.6) is 0 Å². The fraction of sp³-hybridized carbons (Fsp3) is 0.333. The van der Waals surface area contributed by atoms with Crippen LogP contribution in [0.15, 0.2) is 16.9 Å². The quantitative estimate of drug-likeness (QED) is 0.836. The van der Waals surface area contributed by atoms with E-state index < -0.39 is 0 Å². The number of aryl methyl sites for hydroxylation is 2. The predicted octanol–water partition coefficient (Wildman–Crippen LogP) is 0.636. The lowest BCUT2D eigenvalue weighted by Gasteiger charge is -2.05. The fourth-order valence-electron chi connectivity index (χ4n) is 1.77. The zero-order valence-electron chi connectivity index (χ0n) is 10.8. The molecule has 19 heavy (non-hydrogen) atoms. The summed E-state index contributed by atoms with van der Waals surface area (Å²) in [5.74, 6) is 0.556. The summed E-state index contributed by atoms with van der Waals surface area (Å²) in [4.78, 5) is 19.5. The maximum Gasteiger partial charge on any atom is 0.273 e. The van der Waals surface area contributed by atoms with Crippen LogP contribution in [0.4, 0.5) is 5.82 Å². The first-order valence-electron chi connectivity index (χ1n) is 5.86. The van der Waals surface area contributed by atoms with Gasteiger partial charge in [0.25, 0.3) is 5.91 Å². The SMILES string of the molecule is Cc1noc(C)c1CCNC(=O)c1nccnc1N. The van der Waals surface area contributed by atoms with Gasteiger partial charge in [-0.3, -0.25) is 4.79 Å². The van der Waals surface area contributed by atoms with E-state index in [0.29, 0.717) is 13.0 Å². The van der Waals surface area contributed by atoms with Crippen molar-refractivity contribution in [2.75, 3.05) is 12.3 Å². The van der Waals surface area contributed by atoms with Crippen LogP contribution in [0.3, 0.4) is 0 Å². The molecule has 0 saturated carbocycles. The van der Waals surface area contributed by atoms with E-state index in [9.17, 15) is 4.79 Å². The molecule has 1 amide bonds. The highest BCUT2D eigenvalue weighted by Gasteiger charge is 2.13. The molecule has 0 atom stereocenters. The van der Waals surface area contributed by atoms with Gasteiger partial charge in [-0.05, 0) is 20.3 Å². The van der Waals surface area contributed by atoms with Crippen LogP contribution in [0.25, 0.3) is 0 Å². The Kier molecular flexibility index (Phi) is 3.74. The molecule has 0 bridgehead atoms. The first-order valence-corrected chi connectivity index (χ1v) is 5.86. The molecular formula is C12H15N5O2. The van der Waals surface area contributed by atoms with Crippen LogP contribution in [0.2, 0.25) is 0 Å². The van der Waals surface area contributed by atoms with E-state index in [4.69, 9.17) is 10.3 Å². The van der Waals surface area contributed by atoms with Gasteiger partial charge in [0.1, 0.15) is 5.76 Å². The number of nitrogens with one attached hydrogen (secondary N) is 1. The third kappa shape index (κ3) is 2.87. The number of anilines is 1. The Morgan fingerprint density at radius 2 is 2.11 bits per heavy atom. The summed E-state index contributed by atoms with van der Waals surface area (Å²) in [6, 6.07) is 0. The van der Waals surface area contributed by atoms with Gasteiger partial charge in [0.2, 0.25) is 0 Å². The summed E-state index contributed by atoms with van der Waals surface area (Å²) >= 11 is 0. The van der Waals surface area contributed by atoms with Gasteiger partial charge >= 0.3 is 0 Å². The van der Waals surface area contributed by atoms with Gasteiger partial charge in [-0.25, -0.2) is 9.97 Å². The summed E-state index contributed by atoms with van der Waals surface area (Å²) in [6.07, 6.45) is 3.52. The third-order valence-corrected chi connectivity index (χ3v) is 2.78. The number of aromatic nitrogens is 3. The number of nitrogen functional groups attached to an aromatic ring is 1. The minimum atomic E-state index is -0.336. The van der Waals surface area contributed by atoms with E-state index in [0.717, 1.165) is 17.0 Å². The first kappa shape index (κ1) is 13.0. The van der Waals surface area contributed by atoms with E-state index in [2.05, 4.69) is 20.4 Å². The molecule has 100 valence electrons. The summed E-state index contributed by atoms with van der Waals surface area (Å²) in [5, 5.41) is 6.60. The molecule has 0 aliphatic heterocycles. The molecule has 0 fully saturated rings. The average Bonchev–Trinajstić information content (AvgIpc) is 2.70. The van der Waals surface area contributed by atoms with Crippen molar-refractivity contribution in [1.82, 2.24) is 20.4 Å². The second-order valence-corrected chi connectivity index (χ2v) is 4.10. The van der Waals surface area contributed by atoms with Crippen molar-refractivity contribution < 1.29 is 9.32 Å². The number of nitrogens with two attached hydrogens (primary N) is 1. The maximum atomic E-state index is 11.8. The van der Waals surface area contributed by atoms with E-state index in [-0.39, 0.29) is 17.4 Å².